The second-order valence-electron chi connectivity index (χ2n) is 6.25. The van der Waals surface area contributed by atoms with Crippen LogP contribution in [0.15, 0.2) is 36.7 Å². The molecular formula is C19H22N4O2. The Kier molecular flexibility index (Phi) is 5.38. The number of nitrogens with one attached hydrogen (secondary N) is 1. The molecule has 6 nitrogen and oxygen atoms in total. The summed E-state index contributed by atoms with van der Waals surface area (Å²) in [5, 5.41) is 2.81. The Bertz CT molecular complexity index is 750. The van der Waals surface area contributed by atoms with Crippen molar-refractivity contribution in [2.24, 2.45) is 0 Å². The van der Waals surface area contributed by atoms with Crippen molar-refractivity contribution in [3.8, 4) is 0 Å². The van der Waals surface area contributed by atoms with E-state index < -0.39 is 0 Å². The molecule has 1 saturated heterocycles. The molecule has 1 N–H and O–H groups in total. The predicted molar refractivity (Wildman–Crippen MR) is 97.1 cm³/mol. The molecule has 1 aliphatic heterocycles. The highest BCUT2D eigenvalue weighted by Gasteiger charge is 2.15. The first-order valence-electron chi connectivity index (χ1n) is 8.63. The Labute approximate surface area is 147 Å². The summed E-state index contributed by atoms with van der Waals surface area (Å²) in [5.74, 6) is 0.513. The van der Waals surface area contributed by atoms with Crippen LogP contribution in [0.1, 0.15) is 53.5 Å². The van der Waals surface area contributed by atoms with E-state index in [2.05, 4.69) is 20.2 Å². The van der Waals surface area contributed by atoms with Gasteiger partial charge in [-0.3, -0.25) is 9.59 Å². The number of anilines is 2. The van der Waals surface area contributed by atoms with E-state index in [1.165, 1.54) is 26.1 Å². The zero-order valence-corrected chi connectivity index (χ0v) is 14.4. The van der Waals surface area contributed by atoms with Crippen molar-refractivity contribution in [2.45, 2.75) is 32.6 Å². The van der Waals surface area contributed by atoms with E-state index in [0.717, 1.165) is 31.7 Å². The number of hydrogen-bond acceptors (Lipinski definition) is 5. The van der Waals surface area contributed by atoms with Gasteiger partial charge in [0.25, 0.3) is 5.91 Å². The van der Waals surface area contributed by atoms with Crippen molar-refractivity contribution in [2.75, 3.05) is 23.3 Å². The third-order valence-corrected chi connectivity index (χ3v) is 4.36. The summed E-state index contributed by atoms with van der Waals surface area (Å²) in [4.78, 5) is 34.4. The number of carbonyl (C=O) groups excluding carboxylic acids is 2. The number of rotatable bonds is 4. The average Bonchev–Trinajstić information content (AvgIpc) is 2.92. The highest BCUT2D eigenvalue weighted by molar-refractivity contribution is 6.03. The number of hydrogen-bond donors (Lipinski definition) is 1. The van der Waals surface area contributed by atoms with Crippen LogP contribution in [0.5, 0.6) is 0 Å². The van der Waals surface area contributed by atoms with Crippen LogP contribution in [0.25, 0.3) is 0 Å². The third kappa shape index (κ3) is 4.41. The van der Waals surface area contributed by atoms with E-state index in [0.29, 0.717) is 16.9 Å². The van der Waals surface area contributed by atoms with E-state index in [9.17, 15) is 9.59 Å². The highest BCUT2D eigenvalue weighted by atomic mass is 16.2. The van der Waals surface area contributed by atoms with Crippen LogP contribution in [-0.2, 0) is 0 Å². The predicted octanol–water partition coefficient (Wildman–Crippen LogP) is 3.31. The van der Waals surface area contributed by atoms with E-state index in [1.807, 2.05) is 0 Å². The minimum absolute atomic E-state index is 0.00392. The van der Waals surface area contributed by atoms with Crippen LogP contribution >= 0.6 is 0 Å². The monoisotopic (exact) mass is 338 g/mol. The van der Waals surface area contributed by atoms with Gasteiger partial charge in [-0.05, 0) is 44.0 Å². The van der Waals surface area contributed by atoms with Gasteiger partial charge in [0.15, 0.2) is 5.78 Å². The maximum Gasteiger partial charge on any atom is 0.274 e. The molecule has 25 heavy (non-hydrogen) atoms. The van der Waals surface area contributed by atoms with Gasteiger partial charge in [0.1, 0.15) is 17.8 Å². The summed E-state index contributed by atoms with van der Waals surface area (Å²) in [7, 11) is 0. The van der Waals surface area contributed by atoms with Crippen LogP contribution in [0, 0.1) is 0 Å². The molecule has 0 atom stereocenters. The van der Waals surface area contributed by atoms with Gasteiger partial charge in [-0.1, -0.05) is 12.8 Å². The van der Waals surface area contributed by atoms with Crippen molar-refractivity contribution in [3.63, 3.8) is 0 Å². The smallest absolute Gasteiger partial charge is 0.274 e. The Balaban J connectivity index is 1.71. The fraction of sp³-hybridized carbons (Fsp3) is 0.368. The summed E-state index contributed by atoms with van der Waals surface area (Å²) in [5.41, 5.74) is 1.58. The highest BCUT2D eigenvalue weighted by Crippen LogP contribution is 2.18. The second-order valence-corrected chi connectivity index (χ2v) is 6.25. The summed E-state index contributed by atoms with van der Waals surface area (Å²) in [6, 6.07) is 8.56. The van der Waals surface area contributed by atoms with Gasteiger partial charge in [-0.15, -0.1) is 0 Å². The normalized spacial score (nSPS) is 14.7. The third-order valence-electron chi connectivity index (χ3n) is 4.36. The maximum atomic E-state index is 12.4. The van der Waals surface area contributed by atoms with Crippen molar-refractivity contribution >= 4 is 23.2 Å². The number of aromatic nitrogens is 2. The molecule has 0 aliphatic carbocycles. The van der Waals surface area contributed by atoms with Crippen LogP contribution < -0.4 is 10.2 Å². The number of nitrogens with zero attached hydrogens (tertiary/aromatic N) is 3. The molecule has 1 amide bonds. The van der Waals surface area contributed by atoms with Crippen molar-refractivity contribution < 1.29 is 9.59 Å². The molecule has 0 spiro atoms. The largest absolute Gasteiger partial charge is 0.357 e. The topological polar surface area (TPSA) is 75.2 Å². The van der Waals surface area contributed by atoms with Gasteiger partial charge in [0.05, 0.1) is 0 Å². The lowest BCUT2D eigenvalue weighted by Gasteiger charge is -2.21. The maximum absolute atomic E-state index is 12.4. The Morgan fingerprint density at radius 3 is 2.32 bits per heavy atom. The Hall–Kier alpha value is -2.76. The molecule has 2 heterocycles. The zero-order chi connectivity index (χ0) is 17.6. The first kappa shape index (κ1) is 17.1. The van der Waals surface area contributed by atoms with Gasteiger partial charge in [-0.25, -0.2) is 9.97 Å². The van der Waals surface area contributed by atoms with Crippen molar-refractivity contribution in [3.05, 3.63) is 47.9 Å². The van der Waals surface area contributed by atoms with Crippen LogP contribution in [-0.4, -0.2) is 34.7 Å². The van der Waals surface area contributed by atoms with Crippen LogP contribution in [0.3, 0.4) is 0 Å². The molecule has 3 rings (SSSR count). The summed E-state index contributed by atoms with van der Waals surface area (Å²) in [6.45, 7) is 3.44. The quantitative estimate of drug-likeness (QED) is 0.866. The lowest BCUT2D eigenvalue weighted by molar-refractivity contribution is 0.101. The molecule has 2 aromatic rings. The van der Waals surface area contributed by atoms with Gasteiger partial charge in [0, 0.05) is 30.4 Å². The fourth-order valence-corrected chi connectivity index (χ4v) is 2.93. The summed E-state index contributed by atoms with van der Waals surface area (Å²) < 4.78 is 0. The number of benzene rings is 1. The van der Waals surface area contributed by atoms with E-state index >= 15 is 0 Å². The van der Waals surface area contributed by atoms with Gasteiger partial charge >= 0.3 is 0 Å². The number of carbonyl (C=O) groups is 2. The number of ketones is 1. The van der Waals surface area contributed by atoms with Gasteiger partial charge in [0.2, 0.25) is 0 Å². The minimum Gasteiger partial charge on any atom is -0.357 e. The first-order chi connectivity index (χ1) is 12.1. The standard InChI is InChI=1S/C19H22N4O2/c1-14(24)15-6-8-16(9-7-15)22-19(25)17-12-18(21-13-20-17)23-10-4-2-3-5-11-23/h6-9,12-13H,2-5,10-11H2,1H3,(H,22,25). The Morgan fingerprint density at radius 1 is 1.00 bits per heavy atom. The molecule has 1 aromatic heterocycles. The molecule has 6 heteroatoms. The molecular weight excluding hydrogens is 316 g/mol. The number of amides is 1. The molecule has 130 valence electrons. The minimum atomic E-state index is -0.283. The lowest BCUT2D eigenvalue weighted by Crippen LogP contribution is -2.25. The van der Waals surface area contributed by atoms with Gasteiger partial charge in [-0.2, -0.15) is 0 Å². The molecule has 1 fully saturated rings. The molecule has 1 aromatic carbocycles. The molecule has 0 saturated carbocycles. The summed E-state index contributed by atoms with van der Waals surface area (Å²) >= 11 is 0. The van der Waals surface area contributed by atoms with Crippen molar-refractivity contribution in [1.29, 1.82) is 0 Å². The molecule has 0 radical (unpaired) electrons. The van der Waals surface area contributed by atoms with Gasteiger partial charge < -0.3 is 10.2 Å². The fourth-order valence-electron chi connectivity index (χ4n) is 2.93. The summed E-state index contributed by atoms with van der Waals surface area (Å²) in [6.07, 6.45) is 6.21. The SMILES string of the molecule is CC(=O)c1ccc(NC(=O)c2cc(N3CCCCCC3)ncn2)cc1. The van der Waals surface area contributed by atoms with E-state index in [-0.39, 0.29) is 11.7 Å². The van der Waals surface area contributed by atoms with Crippen molar-refractivity contribution in [1.82, 2.24) is 9.97 Å². The number of Topliss-reactive ketones (excluding diaryl/α,β-unsaturated/α-hetero) is 1. The van der Waals surface area contributed by atoms with Crippen LogP contribution in [0.4, 0.5) is 11.5 Å². The second kappa shape index (κ2) is 7.88. The Morgan fingerprint density at radius 2 is 1.68 bits per heavy atom. The molecule has 0 unspecified atom stereocenters. The van der Waals surface area contributed by atoms with E-state index in [1.54, 1.807) is 30.3 Å². The van der Waals surface area contributed by atoms with E-state index in [4.69, 9.17) is 0 Å². The molecule has 1 aliphatic rings. The lowest BCUT2D eigenvalue weighted by atomic mass is 10.1. The zero-order valence-electron chi connectivity index (χ0n) is 14.4. The molecule has 0 bridgehead atoms. The van der Waals surface area contributed by atoms with Crippen LogP contribution in [0.2, 0.25) is 0 Å². The first-order valence-corrected chi connectivity index (χ1v) is 8.63. The average molecular weight is 338 g/mol.